The third kappa shape index (κ3) is 5.79. The largest absolute Gasteiger partial charge is 0.393 e. The number of hydrogen-bond acceptors (Lipinski definition) is 2. The normalized spacial score (nSPS) is 12.2. The van der Waals surface area contributed by atoms with Crippen LogP contribution in [0.25, 0.3) is 0 Å². The van der Waals surface area contributed by atoms with Crippen molar-refractivity contribution in [3.63, 3.8) is 0 Å². The maximum absolute atomic E-state index is 10.9. The van der Waals surface area contributed by atoms with Gasteiger partial charge in [-0.05, 0) is 13.3 Å². The lowest BCUT2D eigenvalue weighted by Gasteiger charge is -2.10. The van der Waals surface area contributed by atoms with Gasteiger partial charge in [-0.15, -0.1) is 0 Å². The molecule has 3 N–H and O–H groups in total. The van der Waals surface area contributed by atoms with E-state index in [1.807, 2.05) is 13.8 Å². The van der Waals surface area contributed by atoms with E-state index in [0.717, 1.165) is 6.42 Å². The highest BCUT2D eigenvalue weighted by molar-refractivity contribution is 7.80. The zero-order valence-electron chi connectivity index (χ0n) is 6.89. The quantitative estimate of drug-likeness (QED) is 0.613. The number of carbonyl (C=O) groups is 1. The average molecular weight is 174 g/mol. The first-order chi connectivity index (χ1) is 5.06. The van der Waals surface area contributed by atoms with Gasteiger partial charge >= 0.3 is 0 Å². The van der Waals surface area contributed by atoms with Crippen LogP contribution >= 0.6 is 12.2 Å². The van der Waals surface area contributed by atoms with E-state index in [0.29, 0.717) is 0 Å². The number of rotatable bonds is 4. The molecule has 1 unspecified atom stereocenters. The van der Waals surface area contributed by atoms with Crippen LogP contribution in [0.5, 0.6) is 0 Å². The molecule has 3 nitrogen and oxygen atoms in total. The molecule has 4 heteroatoms. The lowest BCUT2D eigenvalue weighted by Crippen LogP contribution is -2.34. The van der Waals surface area contributed by atoms with Gasteiger partial charge in [-0.1, -0.05) is 19.1 Å². The van der Waals surface area contributed by atoms with Crippen LogP contribution in [0.4, 0.5) is 0 Å². The van der Waals surface area contributed by atoms with Crippen LogP contribution in [-0.4, -0.2) is 16.9 Å². The Morgan fingerprint density at radius 2 is 2.27 bits per heavy atom. The van der Waals surface area contributed by atoms with Gasteiger partial charge in [0.15, 0.2) is 0 Å². The second kappa shape index (κ2) is 5.07. The smallest absolute Gasteiger partial charge is 0.227 e. The van der Waals surface area contributed by atoms with Gasteiger partial charge in [0, 0.05) is 6.04 Å². The van der Waals surface area contributed by atoms with Crippen molar-refractivity contribution < 1.29 is 4.79 Å². The number of hydrogen-bond donors (Lipinski definition) is 2. The fraction of sp³-hybridized carbons (Fsp3) is 0.714. The van der Waals surface area contributed by atoms with E-state index < -0.39 is 0 Å². The summed E-state index contributed by atoms with van der Waals surface area (Å²) in [5, 5.41) is 2.75. The molecule has 0 aromatic heterocycles. The first kappa shape index (κ1) is 10.4. The van der Waals surface area contributed by atoms with Crippen LogP contribution in [0, 0.1) is 0 Å². The molecule has 0 saturated heterocycles. The molecular formula is C7H14N2OS. The van der Waals surface area contributed by atoms with E-state index in [9.17, 15) is 4.79 Å². The predicted octanol–water partition coefficient (Wildman–Crippen LogP) is 0.577. The third-order valence-corrected chi connectivity index (χ3v) is 1.50. The minimum Gasteiger partial charge on any atom is -0.393 e. The number of amides is 1. The van der Waals surface area contributed by atoms with E-state index >= 15 is 0 Å². The molecular weight excluding hydrogens is 160 g/mol. The Labute approximate surface area is 72.3 Å². The molecule has 0 radical (unpaired) electrons. The van der Waals surface area contributed by atoms with Gasteiger partial charge in [0.1, 0.15) is 0 Å². The van der Waals surface area contributed by atoms with E-state index in [1.54, 1.807) is 0 Å². The summed E-state index contributed by atoms with van der Waals surface area (Å²) in [6.07, 6.45) is 1.07. The fourth-order valence-electron chi connectivity index (χ4n) is 0.586. The summed E-state index contributed by atoms with van der Waals surface area (Å²) in [5.41, 5.74) is 5.18. The van der Waals surface area contributed by atoms with Crippen LogP contribution in [0.2, 0.25) is 0 Å². The number of thiocarbonyl (C=S) groups is 1. The van der Waals surface area contributed by atoms with Crippen LogP contribution in [0.1, 0.15) is 26.7 Å². The van der Waals surface area contributed by atoms with Gasteiger partial charge in [0.2, 0.25) is 5.91 Å². The molecule has 0 rings (SSSR count). The van der Waals surface area contributed by atoms with E-state index in [2.05, 4.69) is 17.5 Å². The molecule has 0 aliphatic carbocycles. The Bertz CT molecular complexity index is 159. The average Bonchev–Trinajstić information content (AvgIpc) is 1.85. The summed E-state index contributed by atoms with van der Waals surface area (Å²) < 4.78 is 0. The first-order valence-electron chi connectivity index (χ1n) is 3.64. The second-order valence-corrected chi connectivity index (χ2v) is 3.04. The minimum atomic E-state index is -0.0909. The fourth-order valence-corrected chi connectivity index (χ4v) is 0.717. The summed E-state index contributed by atoms with van der Waals surface area (Å²) in [7, 11) is 0. The van der Waals surface area contributed by atoms with E-state index in [4.69, 9.17) is 5.73 Å². The highest BCUT2D eigenvalue weighted by atomic mass is 32.1. The Balaban J connectivity index is 3.60. The number of carbonyl (C=O) groups excluding carboxylic acids is 1. The van der Waals surface area contributed by atoms with Crippen LogP contribution in [0.3, 0.4) is 0 Å². The zero-order chi connectivity index (χ0) is 8.85. The molecule has 0 heterocycles. The molecule has 0 aromatic carbocycles. The predicted molar refractivity (Wildman–Crippen MR) is 49.3 cm³/mol. The SMILES string of the molecule is CCC(C)NC(=O)CC(N)=S. The Hall–Kier alpha value is -0.640. The molecule has 0 aliphatic rings. The van der Waals surface area contributed by atoms with Gasteiger partial charge < -0.3 is 11.1 Å². The van der Waals surface area contributed by atoms with Crippen molar-refractivity contribution in [3.8, 4) is 0 Å². The van der Waals surface area contributed by atoms with Crippen molar-refractivity contribution in [2.45, 2.75) is 32.7 Å². The minimum absolute atomic E-state index is 0.0909. The van der Waals surface area contributed by atoms with E-state index in [-0.39, 0.29) is 23.4 Å². The summed E-state index contributed by atoms with van der Waals surface area (Å²) in [4.78, 5) is 11.2. The van der Waals surface area contributed by atoms with Crippen LogP contribution in [-0.2, 0) is 4.79 Å². The molecule has 11 heavy (non-hydrogen) atoms. The lowest BCUT2D eigenvalue weighted by molar-refractivity contribution is -0.120. The van der Waals surface area contributed by atoms with Crippen molar-refractivity contribution in [2.24, 2.45) is 5.73 Å². The van der Waals surface area contributed by atoms with Crippen LogP contribution < -0.4 is 11.1 Å². The van der Waals surface area contributed by atoms with Gasteiger partial charge in [0.25, 0.3) is 0 Å². The van der Waals surface area contributed by atoms with Gasteiger partial charge in [-0.25, -0.2) is 0 Å². The molecule has 0 aromatic rings. The molecule has 0 bridgehead atoms. The molecule has 64 valence electrons. The maximum atomic E-state index is 10.9. The monoisotopic (exact) mass is 174 g/mol. The van der Waals surface area contributed by atoms with Gasteiger partial charge in [-0.2, -0.15) is 0 Å². The van der Waals surface area contributed by atoms with Crippen molar-refractivity contribution in [3.05, 3.63) is 0 Å². The zero-order valence-corrected chi connectivity index (χ0v) is 7.70. The second-order valence-electron chi connectivity index (χ2n) is 2.52. The van der Waals surface area contributed by atoms with Crippen molar-refractivity contribution >= 4 is 23.1 Å². The van der Waals surface area contributed by atoms with Crippen LogP contribution in [0.15, 0.2) is 0 Å². The number of nitrogens with one attached hydrogen (secondary N) is 1. The molecule has 1 amide bonds. The first-order valence-corrected chi connectivity index (χ1v) is 4.04. The number of nitrogens with two attached hydrogens (primary N) is 1. The Kier molecular flexibility index (Phi) is 4.77. The highest BCUT2D eigenvalue weighted by Gasteiger charge is 2.05. The van der Waals surface area contributed by atoms with Crippen molar-refractivity contribution in [1.82, 2.24) is 5.32 Å². The standard InChI is InChI=1S/C7H14N2OS/c1-3-5(2)9-7(10)4-6(8)11/h5H,3-4H2,1-2H3,(H2,8,11)(H,9,10). The maximum Gasteiger partial charge on any atom is 0.227 e. The molecule has 1 atom stereocenters. The van der Waals surface area contributed by atoms with Crippen molar-refractivity contribution in [1.29, 1.82) is 0 Å². The third-order valence-electron chi connectivity index (χ3n) is 1.35. The lowest BCUT2D eigenvalue weighted by atomic mass is 10.2. The molecule has 0 saturated carbocycles. The topological polar surface area (TPSA) is 55.1 Å². The molecule has 0 spiro atoms. The van der Waals surface area contributed by atoms with E-state index in [1.165, 1.54) is 0 Å². The van der Waals surface area contributed by atoms with Crippen molar-refractivity contribution in [2.75, 3.05) is 0 Å². The summed E-state index contributed by atoms with van der Waals surface area (Å²) in [6, 6.07) is 0.205. The Morgan fingerprint density at radius 3 is 2.64 bits per heavy atom. The van der Waals surface area contributed by atoms with Gasteiger partial charge in [-0.3, -0.25) is 4.79 Å². The van der Waals surface area contributed by atoms with Gasteiger partial charge in [0.05, 0.1) is 11.4 Å². The Morgan fingerprint density at radius 1 is 1.73 bits per heavy atom. The summed E-state index contributed by atoms with van der Waals surface area (Å²) >= 11 is 4.58. The molecule has 0 aliphatic heterocycles. The highest BCUT2D eigenvalue weighted by Crippen LogP contribution is 1.89. The summed E-state index contributed by atoms with van der Waals surface area (Å²) in [5.74, 6) is -0.0909. The summed E-state index contributed by atoms with van der Waals surface area (Å²) in [6.45, 7) is 3.95. The molecule has 0 fully saturated rings.